The van der Waals surface area contributed by atoms with Crippen molar-refractivity contribution in [1.29, 1.82) is 0 Å². The second kappa shape index (κ2) is 16.1. The monoisotopic (exact) mass is 737 g/mol. The lowest BCUT2D eigenvalue weighted by Crippen LogP contribution is -2.57. The predicted octanol–water partition coefficient (Wildman–Crippen LogP) is 6.39. The number of carbonyl (C=O) groups excluding carboxylic acids is 2. The van der Waals surface area contributed by atoms with Gasteiger partial charge in [-0.25, -0.2) is 0 Å². The molecule has 55 heavy (non-hydrogen) atoms. The Balaban J connectivity index is 0.993. The zero-order chi connectivity index (χ0) is 37.8. The first-order chi connectivity index (χ1) is 26.9. The molecule has 10 heteroatoms. The number of nitrogens with zero attached hydrogens (tertiary/aromatic N) is 3. The molecule has 1 spiro atoms. The molecule has 4 aromatic carbocycles. The number of nitrogens with one attached hydrogen (secondary N) is 2. The molecule has 3 N–H and O–H groups in total. The van der Waals surface area contributed by atoms with Crippen LogP contribution < -0.4 is 15.5 Å². The number of carbonyl (C=O) groups is 2. The van der Waals surface area contributed by atoms with Crippen LogP contribution in [-0.2, 0) is 27.4 Å². The van der Waals surface area contributed by atoms with E-state index < -0.39 is 11.8 Å². The summed E-state index contributed by atoms with van der Waals surface area (Å²) in [5.74, 6) is -0.0223. The third-order valence-corrected chi connectivity index (χ3v) is 11.5. The molecule has 0 unspecified atom stereocenters. The Morgan fingerprint density at radius 3 is 2.35 bits per heavy atom. The second-order valence-electron chi connectivity index (χ2n) is 14.8. The normalized spacial score (nSPS) is 22.4. The third-order valence-electron chi connectivity index (χ3n) is 11.5. The number of aromatic nitrogens is 1. The van der Waals surface area contributed by atoms with Gasteiger partial charge in [-0.2, -0.15) is 0 Å². The van der Waals surface area contributed by atoms with Gasteiger partial charge in [-0.3, -0.25) is 14.6 Å². The Hall–Kier alpha value is -5.39. The SMILES string of the molecule is C[C@H]1[C@@H](CN2CCC3(CC2)C(=O)NCN3c2ccccc2)O[C@@H](c2ccc(-c3ccccc3CNC(=O)c3cccnc3)cc2)O[C@H]1c1ccc(CO)cc1. The fourth-order valence-corrected chi connectivity index (χ4v) is 8.27. The van der Waals surface area contributed by atoms with Gasteiger partial charge in [0.1, 0.15) is 5.54 Å². The van der Waals surface area contributed by atoms with Crippen LogP contribution in [0.5, 0.6) is 0 Å². The van der Waals surface area contributed by atoms with Crippen molar-refractivity contribution in [2.45, 2.75) is 57.0 Å². The van der Waals surface area contributed by atoms with E-state index in [9.17, 15) is 14.7 Å². The van der Waals surface area contributed by atoms with E-state index in [0.29, 0.717) is 25.3 Å². The summed E-state index contributed by atoms with van der Waals surface area (Å²) in [7, 11) is 0. The van der Waals surface area contributed by atoms with E-state index in [2.05, 4.69) is 74.8 Å². The summed E-state index contributed by atoms with van der Waals surface area (Å²) in [6, 6.07) is 38.0. The molecule has 0 bridgehead atoms. The highest BCUT2D eigenvalue weighted by Gasteiger charge is 2.51. The number of anilines is 1. The lowest BCUT2D eigenvalue weighted by molar-refractivity contribution is -0.276. The van der Waals surface area contributed by atoms with Gasteiger partial charge in [0.25, 0.3) is 5.91 Å². The standard InChI is InChI=1S/C45H47N5O5/c1-31-40(28-49-24-21-45(22-25-49)44(53)48-30-50(45)38-10-3-2-4-11-38)54-43(55-41(31)34-15-13-32(29-51)14-16-34)35-19-17-33(18-20-35)39-12-6-5-8-36(39)27-47-42(52)37-9-7-23-46-26-37/h2-20,23,26,31,40-41,43,51H,21-22,24-25,27-30H2,1H3,(H,47,52)(H,48,53)/t31-,40+,41+,43+/m0/s1. The summed E-state index contributed by atoms with van der Waals surface area (Å²) in [6.07, 6.45) is 3.71. The average molecular weight is 738 g/mol. The molecule has 10 nitrogen and oxygen atoms in total. The van der Waals surface area contributed by atoms with Crippen molar-refractivity contribution in [2.75, 3.05) is 31.2 Å². The molecule has 3 fully saturated rings. The van der Waals surface area contributed by atoms with Crippen LogP contribution in [0.25, 0.3) is 11.1 Å². The van der Waals surface area contributed by atoms with Crippen LogP contribution in [0.4, 0.5) is 5.69 Å². The summed E-state index contributed by atoms with van der Waals surface area (Å²) in [6.45, 7) is 5.34. The van der Waals surface area contributed by atoms with E-state index in [-0.39, 0.29) is 36.5 Å². The van der Waals surface area contributed by atoms with Crippen molar-refractivity contribution in [3.63, 3.8) is 0 Å². The Morgan fingerprint density at radius 1 is 0.891 bits per heavy atom. The lowest BCUT2D eigenvalue weighted by atomic mass is 9.84. The van der Waals surface area contributed by atoms with Crippen molar-refractivity contribution in [2.24, 2.45) is 5.92 Å². The van der Waals surface area contributed by atoms with Gasteiger partial charge in [0, 0.05) is 55.7 Å². The second-order valence-corrected chi connectivity index (χ2v) is 14.8. The highest BCUT2D eigenvalue weighted by atomic mass is 16.7. The van der Waals surface area contributed by atoms with Crippen LogP contribution in [0.1, 0.15) is 64.8 Å². The van der Waals surface area contributed by atoms with Crippen LogP contribution in [-0.4, -0.2) is 64.8 Å². The highest BCUT2D eigenvalue weighted by molar-refractivity contribution is 5.94. The van der Waals surface area contributed by atoms with E-state index in [0.717, 1.165) is 65.0 Å². The molecule has 4 heterocycles. The van der Waals surface area contributed by atoms with Crippen LogP contribution >= 0.6 is 0 Å². The molecule has 4 atom stereocenters. The van der Waals surface area contributed by atoms with Gasteiger partial charge < -0.3 is 35.0 Å². The Morgan fingerprint density at radius 2 is 1.62 bits per heavy atom. The molecule has 3 saturated heterocycles. The number of piperidine rings is 1. The van der Waals surface area contributed by atoms with Crippen LogP contribution in [0.15, 0.2) is 128 Å². The van der Waals surface area contributed by atoms with Gasteiger partial charge in [-0.1, -0.05) is 97.9 Å². The molecule has 3 aliphatic heterocycles. The largest absolute Gasteiger partial charge is 0.392 e. The molecule has 0 saturated carbocycles. The summed E-state index contributed by atoms with van der Waals surface area (Å²) in [4.78, 5) is 34.8. The number of hydrogen-bond donors (Lipinski definition) is 3. The molecule has 2 amide bonds. The summed E-state index contributed by atoms with van der Waals surface area (Å²) >= 11 is 0. The maximum atomic E-state index is 13.3. The molecule has 0 radical (unpaired) electrons. The quantitative estimate of drug-likeness (QED) is 0.151. The maximum Gasteiger partial charge on any atom is 0.253 e. The van der Waals surface area contributed by atoms with E-state index in [1.807, 2.05) is 60.7 Å². The van der Waals surface area contributed by atoms with E-state index in [1.165, 1.54) is 0 Å². The van der Waals surface area contributed by atoms with Crippen LogP contribution in [0, 0.1) is 5.92 Å². The van der Waals surface area contributed by atoms with Crippen molar-refractivity contribution in [3.8, 4) is 11.1 Å². The fourth-order valence-electron chi connectivity index (χ4n) is 8.27. The first-order valence-electron chi connectivity index (χ1n) is 19.1. The number of pyridine rings is 1. The minimum atomic E-state index is -0.600. The van der Waals surface area contributed by atoms with Crippen LogP contribution in [0.3, 0.4) is 0 Å². The molecule has 282 valence electrons. The first kappa shape index (κ1) is 36.6. The Labute approximate surface area is 322 Å². The lowest BCUT2D eigenvalue weighted by Gasteiger charge is -2.46. The van der Waals surface area contributed by atoms with Gasteiger partial charge in [0.2, 0.25) is 5.91 Å². The van der Waals surface area contributed by atoms with E-state index in [4.69, 9.17) is 9.47 Å². The fraction of sp³-hybridized carbons (Fsp3) is 0.311. The molecule has 8 rings (SSSR count). The summed E-state index contributed by atoms with van der Waals surface area (Å²) in [5, 5.41) is 15.8. The smallest absolute Gasteiger partial charge is 0.253 e. The third kappa shape index (κ3) is 7.63. The summed E-state index contributed by atoms with van der Waals surface area (Å²) < 4.78 is 13.6. The number of hydrogen-bond acceptors (Lipinski definition) is 8. The van der Waals surface area contributed by atoms with E-state index in [1.54, 1.807) is 24.5 Å². The minimum Gasteiger partial charge on any atom is -0.392 e. The van der Waals surface area contributed by atoms with Crippen molar-refractivity contribution in [3.05, 3.63) is 155 Å². The van der Waals surface area contributed by atoms with Crippen molar-refractivity contribution < 1.29 is 24.2 Å². The van der Waals surface area contributed by atoms with Crippen molar-refractivity contribution in [1.82, 2.24) is 20.5 Å². The topological polar surface area (TPSA) is 116 Å². The minimum absolute atomic E-state index is 0.0156. The van der Waals surface area contributed by atoms with E-state index >= 15 is 0 Å². The number of benzene rings is 4. The molecule has 5 aromatic rings. The highest BCUT2D eigenvalue weighted by Crippen LogP contribution is 2.43. The van der Waals surface area contributed by atoms with Gasteiger partial charge in [-0.15, -0.1) is 0 Å². The first-order valence-corrected chi connectivity index (χ1v) is 19.1. The number of aliphatic hydroxyl groups is 1. The van der Waals surface area contributed by atoms with Gasteiger partial charge >= 0.3 is 0 Å². The number of amides is 2. The maximum absolute atomic E-state index is 13.3. The summed E-state index contributed by atoms with van der Waals surface area (Å²) in [5.41, 5.74) is 6.90. The molecule has 3 aliphatic rings. The average Bonchev–Trinajstić information content (AvgIpc) is 3.56. The number of rotatable bonds is 10. The molecule has 1 aromatic heterocycles. The van der Waals surface area contributed by atoms with Gasteiger partial charge in [0.15, 0.2) is 6.29 Å². The number of para-hydroxylation sites is 1. The zero-order valence-corrected chi connectivity index (χ0v) is 31.0. The molecule has 0 aliphatic carbocycles. The molecular weight excluding hydrogens is 691 g/mol. The van der Waals surface area contributed by atoms with Gasteiger partial charge in [0.05, 0.1) is 31.0 Å². The van der Waals surface area contributed by atoms with Crippen LogP contribution in [0.2, 0.25) is 0 Å². The van der Waals surface area contributed by atoms with Crippen molar-refractivity contribution >= 4 is 17.5 Å². The Kier molecular flexibility index (Phi) is 10.7. The number of aliphatic hydroxyl groups excluding tert-OH is 1. The zero-order valence-electron chi connectivity index (χ0n) is 31.0. The number of ether oxygens (including phenoxy) is 2. The Bertz CT molecular complexity index is 2070. The predicted molar refractivity (Wildman–Crippen MR) is 211 cm³/mol. The number of likely N-dealkylation sites (tertiary alicyclic amines) is 1. The molecular formula is C45H47N5O5. The van der Waals surface area contributed by atoms with Gasteiger partial charge in [-0.05, 0) is 64.9 Å².